The van der Waals surface area contributed by atoms with E-state index in [4.69, 9.17) is 0 Å². The van der Waals surface area contributed by atoms with Crippen LogP contribution in [0.1, 0.15) is 47.0 Å². The molecule has 0 spiro atoms. The highest BCUT2D eigenvalue weighted by atomic mass is 16.2. The Morgan fingerprint density at radius 1 is 1.47 bits per heavy atom. The fraction of sp³-hybridized carbons (Fsp3) is 0.833. The summed E-state index contributed by atoms with van der Waals surface area (Å²) in [6, 6.07) is 0. The first-order chi connectivity index (χ1) is 6.86. The Labute approximate surface area is 91.8 Å². The molecule has 1 amide bonds. The lowest BCUT2D eigenvalue weighted by atomic mass is 10.0. The second-order valence-corrected chi connectivity index (χ2v) is 5.23. The van der Waals surface area contributed by atoms with Crippen molar-refractivity contribution in [3.8, 4) is 0 Å². The van der Waals surface area contributed by atoms with E-state index in [2.05, 4.69) is 0 Å². The third kappa shape index (κ3) is 2.80. The van der Waals surface area contributed by atoms with Crippen molar-refractivity contribution < 1.29 is 9.59 Å². The Morgan fingerprint density at radius 2 is 2.07 bits per heavy atom. The molecule has 0 aliphatic heterocycles. The van der Waals surface area contributed by atoms with Gasteiger partial charge in [0.25, 0.3) is 0 Å². The van der Waals surface area contributed by atoms with Crippen molar-refractivity contribution in [2.45, 2.75) is 52.5 Å². The summed E-state index contributed by atoms with van der Waals surface area (Å²) in [5.74, 6) is 0.325. The first kappa shape index (κ1) is 12.2. The molecule has 15 heavy (non-hydrogen) atoms. The lowest BCUT2D eigenvalue weighted by molar-refractivity contribution is -0.140. The molecule has 0 heterocycles. The zero-order valence-corrected chi connectivity index (χ0v) is 10.2. The predicted octanol–water partition coefficient (Wildman–Crippen LogP) is 2.00. The van der Waals surface area contributed by atoms with Crippen LogP contribution in [0.5, 0.6) is 0 Å². The van der Waals surface area contributed by atoms with Gasteiger partial charge >= 0.3 is 0 Å². The van der Waals surface area contributed by atoms with Crippen LogP contribution in [-0.4, -0.2) is 28.7 Å². The minimum atomic E-state index is -0.141. The van der Waals surface area contributed by atoms with Gasteiger partial charge in [0.15, 0.2) is 0 Å². The van der Waals surface area contributed by atoms with Crippen molar-refractivity contribution in [2.24, 2.45) is 5.92 Å². The SMILES string of the molecule is CCN(C(=O)C1CCC(=O)C1)C(C)(C)C. The van der Waals surface area contributed by atoms with Crippen LogP contribution in [0, 0.1) is 5.92 Å². The van der Waals surface area contributed by atoms with E-state index in [0.717, 1.165) is 6.42 Å². The van der Waals surface area contributed by atoms with Crippen LogP contribution in [0.3, 0.4) is 0 Å². The van der Waals surface area contributed by atoms with Gasteiger partial charge in [0.1, 0.15) is 5.78 Å². The topological polar surface area (TPSA) is 37.4 Å². The van der Waals surface area contributed by atoms with Gasteiger partial charge in [0.2, 0.25) is 5.91 Å². The van der Waals surface area contributed by atoms with E-state index < -0.39 is 0 Å². The standard InChI is InChI=1S/C12H21NO2/c1-5-13(12(2,3)4)11(15)9-6-7-10(14)8-9/h9H,5-8H2,1-4H3. The van der Waals surface area contributed by atoms with Crippen LogP contribution in [0.4, 0.5) is 0 Å². The van der Waals surface area contributed by atoms with Gasteiger partial charge in [-0.3, -0.25) is 9.59 Å². The number of amides is 1. The second kappa shape index (κ2) is 4.33. The fourth-order valence-corrected chi connectivity index (χ4v) is 2.21. The van der Waals surface area contributed by atoms with Gasteiger partial charge in [-0.1, -0.05) is 0 Å². The quantitative estimate of drug-likeness (QED) is 0.700. The molecule has 1 fully saturated rings. The smallest absolute Gasteiger partial charge is 0.226 e. The number of ketones is 1. The molecule has 3 heteroatoms. The predicted molar refractivity (Wildman–Crippen MR) is 59.5 cm³/mol. The van der Waals surface area contributed by atoms with Crippen molar-refractivity contribution in [3.63, 3.8) is 0 Å². The third-order valence-corrected chi connectivity index (χ3v) is 2.99. The molecule has 1 rings (SSSR count). The first-order valence-electron chi connectivity index (χ1n) is 5.69. The Balaban J connectivity index is 2.70. The minimum absolute atomic E-state index is 0.0586. The normalized spacial score (nSPS) is 21.9. The van der Waals surface area contributed by atoms with E-state index >= 15 is 0 Å². The Bertz CT molecular complexity index is 265. The van der Waals surface area contributed by atoms with E-state index in [9.17, 15) is 9.59 Å². The summed E-state index contributed by atoms with van der Waals surface area (Å²) in [7, 11) is 0. The molecule has 1 atom stereocenters. The number of rotatable bonds is 2. The molecule has 0 radical (unpaired) electrons. The van der Waals surface area contributed by atoms with Crippen LogP contribution in [-0.2, 0) is 9.59 Å². The Hall–Kier alpha value is -0.860. The molecule has 86 valence electrons. The van der Waals surface area contributed by atoms with Gasteiger partial charge in [-0.2, -0.15) is 0 Å². The van der Waals surface area contributed by atoms with Gasteiger partial charge in [0, 0.05) is 30.8 Å². The zero-order chi connectivity index (χ0) is 11.6. The van der Waals surface area contributed by atoms with Crippen LogP contribution in [0.15, 0.2) is 0 Å². The molecule has 1 aliphatic rings. The van der Waals surface area contributed by atoms with Gasteiger partial charge < -0.3 is 4.90 Å². The molecule has 1 saturated carbocycles. The molecule has 0 N–H and O–H groups in total. The van der Waals surface area contributed by atoms with E-state index in [-0.39, 0.29) is 23.1 Å². The maximum Gasteiger partial charge on any atom is 0.226 e. The molecule has 3 nitrogen and oxygen atoms in total. The largest absolute Gasteiger partial charge is 0.338 e. The summed E-state index contributed by atoms with van der Waals surface area (Å²) in [6.45, 7) is 8.80. The highest BCUT2D eigenvalue weighted by Crippen LogP contribution is 2.26. The van der Waals surface area contributed by atoms with Crippen LogP contribution in [0.25, 0.3) is 0 Å². The Kier molecular flexibility index (Phi) is 3.53. The molecule has 1 aliphatic carbocycles. The van der Waals surface area contributed by atoms with E-state index in [1.165, 1.54) is 0 Å². The average molecular weight is 211 g/mol. The number of nitrogens with zero attached hydrogens (tertiary/aromatic N) is 1. The van der Waals surface area contributed by atoms with Crippen LogP contribution < -0.4 is 0 Å². The lowest BCUT2D eigenvalue weighted by Gasteiger charge is -2.36. The molecular formula is C12H21NO2. The van der Waals surface area contributed by atoms with Gasteiger partial charge in [-0.05, 0) is 34.1 Å². The second-order valence-electron chi connectivity index (χ2n) is 5.23. The molecule has 0 saturated heterocycles. The average Bonchev–Trinajstić information content (AvgIpc) is 2.50. The molecule has 0 aromatic carbocycles. The summed E-state index contributed by atoms with van der Waals surface area (Å²) in [5, 5.41) is 0. The number of carbonyl (C=O) groups is 2. The van der Waals surface area contributed by atoms with Crippen molar-refractivity contribution in [2.75, 3.05) is 6.54 Å². The van der Waals surface area contributed by atoms with Crippen LogP contribution >= 0.6 is 0 Å². The maximum atomic E-state index is 12.1. The lowest BCUT2D eigenvalue weighted by Crippen LogP contribution is -2.47. The first-order valence-corrected chi connectivity index (χ1v) is 5.69. The number of hydrogen-bond acceptors (Lipinski definition) is 2. The number of Topliss-reactive ketones (excluding diaryl/α,β-unsaturated/α-hetero) is 1. The zero-order valence-electron chi connectivity index (χ0n) is 10.2. The van der Waals surface area contributed by atoms with Crippen molar-refractivity contribution >= 4 is 11.7 Å². The molecule has 1 unspecified atom stereocenters. The highest BCUT2D eigenvalue weighted by molar-refractivity contribution is 5.90. The number of hydrogen-bond donors (Lipinski definition) is 0. The molecule has 0 aromatic heterocycles. The van der Waals surface area contributed by atoms with Gasteiger partial charge in [-0.15, -0.1) is 0 Å². The summed E-state index contributed by atoms with van der Waals surface area (Å²) in [4.78, 5) is 25.2. The molecule has 0 bridgehead atoms. The Morgan fingerprint density at radius 3 is 2.40 bits per heavy atom. The van der Waals surface area contributed by atoms with Gasteiger partial charge in [0.05, 0.1) is 0 Å². The van der Waals surface area contributed by atoms with Crippen molar-refractivity contribution in [1.29, 1.82) is 0 Å². The number of carbonyl (C=O) groups excluding carboxylic acids is 2. The van der Waals surface area contributed by atoms with Crippen LogP contribution in [0.2, 0.25) is 0 Å². The molecular weight excluding hydrogens is 190 g/mol. The van der Waals surface area contributed by atoms with E-state index in [1.54, 1.807) is 0 Å². The summed E-state index contributed by atoms with van der Waals surface area (Å²) < 4.78 is 0. The summed E-state index contributed by atoms with van der Waals surface area (Å²) >= 11 is 0. The summed E-state index contributed by atoms with van der Waals surface area (Å²) in [6.07, 6.45) is 1.77. The van der Waals surface area contributed by atoms with Gasteiger partial charge in [-0.25, -0.2) is 0 Å². The molecule has 0 aromatic rings. The van der Waals surface area contributed by atoms with Crippen molar-refractivity contribution in [1.82, 2.24) is 4.90 Å². The summed E-state index contributed by atoms with van der Waals surface area (Å²) in [5.41, 5.74) is -0.141. The fourth-order valence-electron chi connectivity index (χ4n) is 2.21. The monoisotopic (exact) mass is 211 g/mol. The third-order valence-electron chi connectivity index (χ3n) is 2.99. The maximum absolute atomic E-state index is 12.1. The minimum Gasteiger partial charge on any atom is -0.338 e. The van der Waals surface area contributed by atoms with E-state index in [1.807, 2.05) is 32.6 Å². The highest BCUT2D eigenvalue weighted by Gasteiger charge is 2.34. The van der Waals surface area contributed by atoms with E-state index in [0.29, 0.717) is 19.4 Å². The van der Waals surface area contributed by atoms with Crippen molar-refractivity contribution in [3.05, 3.63) is 0 Å².